The molecule has 0 unspecified atom stereocenters. The predicted octanol–water partition coefficient (Wildman–Crippen LogP) is 2.14. The Hall–Kier alpha value is -2.28. The summed E-state index contributed by atoms with van der Waals surface area (Å²) in [7, 11) is 0. The van der Waals surface area contributed by atoms with Crippen LogP contribution in [0.2, 0.25) is 0 Å². The van der Waals surface area contributed by atoms with Crippen LogP contribution in [0.1, 0.15) is 5.69 Å². The Morgan fingerprint density at radius 1 is 1.17 bits per heavy atom. The highest BCUT2D eigenvalue weighted by atomic mass is 19.2. The molecule has 2 aromatic rings. The van der Waals surface area contributed by atoms with Gasteiger partial charge >= 0.3 is 0 Å². The Balaban J connectivity index is 2.27. The lowest BCUT2D eigenvalue weighted by molar-refractivity contribution is 0.447. The van der Waals surface area contributed by atoms with E-state index in [9.17, 15) is 8.78 Å². The van der Waals surface area contributed by atoms with Gasteiger partial charge in [-0.2, -0.15) is 4.98 Å². The molecule has 1 aromatic carbocycles. The Morgan fingerprint density at radius 2 is 1.94 bits per heavy atom. The third-order valence-corrected chi connectivity index (χ3v) is 2.07. The summed E-state index contributed by atoms with van der Waals surface area (Å²) in [5.41, 5.74) is 2.90. The van der Waals surface area contributed by atoms with Crippen LogP contribution in [-0.4, -0.2) is 9.97 Å². The molecule has 0 spiro atoms. The Morgan fingerprint density at radius 3 is 2.61 bits per heavy atom. The van der Waals surface area contributed by atoms with Crippen molar-refractivity contribution in [2.24, 2.45) is 5.84 Å². The number of nitrogen functional groups attached to an aromatic ring is 1. The monoisotopic (exact) mass is 252 g/mol. The van der Waals surface area contributed by atoms with E-state index in [1.54, 1.807) is 13.0 Å². The van der Waals surface area contributed by atoms with Crippen LogP contribution in [0.3, 0.4) is 0 Å². The number of ether oxygens (including phenoxy) is 1. The van der Waals surface area contributed by atoms with E-state index in [0.717, 1.165) is 12.1 Å². The van der Waals surface area contributed by atoms with E-state index in [1.165, 1.54) is 6.07 Å². The number of nitrogens with one attached hydrogen (secondary N) is 1. The predicted molar refractivity (Wildman–Crippen MR) is 61.0 cm³/mol. The van der Waals surface area contributed by atoms with Crippen molar-refractivity contribution in [3.8, 4) is 11.6 Å². The molecule has 0 radical (unpaired) electrons. The number of hydrogen-bond acceptors (Lipinski definition) is 5. The van der Waals surface area contributed by atoms with Gasteiger partial charge in [-0.3, -0.25) is 5.43 Å². The number of halogens is 2. The molecular weight excluding hydrogens is 242 g/mol. The van der Waals surface area contributed by atoms with Crippen molar-refractivity contribution in [2.45, 2.75) is 6.92 Å². The molecular formula is C11H10F2N4O. The second-order valence-corrected chi connectivity index (χ2v) is 3.49. The van der Waals surface area contributed by atoms with Gasteiger partial charge < -0.3 is 4.74 Å². The van der Waals surface area contributed by atoms with Gasteiger partial charge in [-0.1, -0.05) is 0 Å². The van der Waals surface area contributed by atoms with Gasteiger partial charge in [0.2, 0.25) is 11.8 Å². The molecule has 18 heavy (non-hydrogen) atoms. The molecule has 5 nitrogen and oxygen atoms in total. The highest BCUT2D eigenvalue weighted by Gasteiger charge is 2.07. The van der Waals surface area contributed by atoms with Gasteiger partial charge in [0.25, 0.3) is 0 Å². The minimum absolute atomic E-state index is 0.134. The third-order valence-electron chi connectivity index (χ3n) is 2.07. The third kappa shape index (κ3) is 2.69. The molecule has 0 fully saturated rings. The fraction of sp³-hybridized carbons (Fsp3) is 0.0909. The van der Waals surface area contributed by atoms with Crippen molar-refractivity contribution in [1.82, 2.24) is 9.97 Å². The molecule has 0 aliphatic carbocycles. The standard InChI is InChI=1S/C11H10F2N4O/c1-6-4-10(16-11(15-6)17-14)18-7-2-3-8(12)9(13)5-7/h2-5H,14H2,1H3,(H,15,16,17). The van der Waals surface area contributed by atoms with Gasteiger partial charge in [0.1, 0.15) is 5.75 Å². The van der Waals surface area contributed by atoms with E-state index in [1.807, 2.05) is 0 Å². The molecule has 0 saturated carbocycles. The molecule has 7 heteroatoms. The zero-order valence-electron chi connectivity index (χ0n) is 9.45. The van der Waals surface area contributed by atoms with Crippen LogP contribution >= 0.6 is 0 Å². The summed E-state index contributed by atoms with van der Waals surface area (Å²) in [6.45, 7) is 1.72. The number of rotatable bonds is 3. The number of nitrogens with two attached hydrogens (primary N) is 1. The van der Waals surface area contributed by atoms with Gasteiger partial charge in [-0.15, -0.1) is 0 Å². The SMILES string of the molecule is Cc1cc(Oc2ccc(F)c(F)c2)nc(NN)n1. The molecule has 0 atom stereocenters. The Bertz CT molecular complexity index is 577. The van der Waals surface area contributed by atoms with E-state index in [-0.39, 0.29) is 17.6 Å². The minimum Gasteiger partial charge on any atom is -0.439 e. The maximum atomic E-state index is 13.0. The summed E-state index contributed by atoms with van der Waals surface area (Å²) in [4.78, 5) is 7.88. The van der Waals surface area contributed by atoms with Gasteiger partial charge in [0, 0.05) is 17.8 Å². The van der Waals surface area contributed by atoms with E-state index >= 15 is 0 Å². The first kappa shape index (κ1) is 12.2. The Labute approximate surface area is 102 Å². The largest absolute Gasteiger partial charge is 0.439 e. The highest BCUT2D eigenvalue weighted by molar-refractivity contribution is 5.33. The molecule has 0 aliphatic heterocycles. The first-order valence-electron chi connectivity index (χ1n) is 5.03. The summed E-state index contributed by atoms with van der Waals surface area (Å²) in [5.74, 6) is 3.75. The summed E-state index contributed by atoms with van der Waals surface area (Å²) < 4.78 is 31.0. The topological polar surface area (TPSA) is 73.1 Å². The van der Waals surface area contributed by atoms with Gasteiger partial charge in [0.15, 0.2) is 11.6 Å². The smallest absolute Gasteiger partial charge is 0.240 e. The summed E-state index contributed by atoms with van der Waals surface area (Å²) in [5, 5.41) is 0. The minimum atomic E-state index is -0.990. The number of aryl methyl sites for hydroxylation is 1. The van der Waals surface area contributed by atoms with Crippen molar-refractivity contribution in [3.63, 3.8) is 0 Å². The van der Waals surface area contributed by atoms with E-state index in [2.05, 4.69) is 15.4 Å². The summed E-state index contributed by atoms with van der Waals surface area (Å²) in [6, 6.07) is 4.75. The molecule has 0 bridgehead atoms. The molecule has 0 aliphatic rings. The molecule has 3 N–H and O–H groups in total. The van der Waals surface area contributed by atoms with Crippen LogP contribution in [0.4, 0.5) is 14.7 Å². The van der Waals surface area contributed by atoms with Crippen molar-refractivity contribution in [3.05, 3.63) is 41.6 Å². The molecule has 94 valence electrons. The fourth-order valence-electron chi connectivity index (χ4n) is 1.32. The second-order valence-electron chi connectivity index (χ2n) is 3.49. The van der Waals surface area contributed by atoms with E-state index in [4.69, 9.17) is 10.6 Å². The van der Waals surface area contributed by atoms with E-state index < -0.39 is 11.6 Å². The fourth-order valence-corrected chi connectivity index (χ4v) is 1.32. The number of benzene rings is 1. The van der Waals surface area contributed by atoms with Crippen LogP contribution in [0, 0.1) is 18.6 Å². The van der Waals surface area contributed by atoms with E-state index in [0.29, 0.717) is 5.69 Å². The van der Waals surface area contributed by atoms with Crippen molar-refractivity contribution >= 4 is 5.95 Å². The molecule has 1 aromatic heterocycles. The lowest BCUT2D eigenvalue weighted by Gasteiger charge is -2.07. The van der Waals surface area contributed by atoms with Crippen molar-refractivity contribution in [2.75, 3.05) is 5.43 Å². The average molecular weight is 252 g/mol. The first-order valence-corrected chi connectivity index (χ1v) is 5.03. The number of hydrazine groups is 1. The van der Waals surface area contributed by atoms with Crippen LogP contribution in [0.5, 0.6) is 11.6 Å². The Kier molecular flexibility index (Phi) is 3.33. The van der Waals surface area contributed by atoms with Gasteiger partial charge in [-0.05, 0) is 19.1 Å². The maximum Gasteiger partial charge on any atom is 0.240 e. The van der Waals surface area contributed by atoms with Gasteiger partial charge in [0.05, 0.1) is 0 Å². The van der Waals surface area contributed by atoms with Crippen LogP contribution in [0.15, 0.2) is 24.3 Å². The number of aromatic nitrogens is 2. The maximum absolute atomic E-state index is 13.0. The molecule has 0 saturated heterocycles. The average Bonchev–Trinajstić information content (AvgIpc) is 2.33. The zero-order chi connectivity index (χ0) is 13.1. The van der Waals surface area contributed by atoms with Crippen LogP contribution < -0.4 is 16.0 Å². The van der Waals surface area contributed by atoms with Gasteiger partial charge in [-0.25, -0.2) is 19.6 Å². The lowest BCUT2D eigenvalue weighted by atomic mass is 10.3. The second kappa shape index (κ2) is 4.92. The quantitative estimate of drug-likeness (QED) is 0.646. The normalized spacial score (nSPS) is 10.2. The first-order chi connectivity index (χ1) is 8.58. The zero-order valence-corrected chi connectivity index (χ0v) is 9.45. The molecule has 1 heterocycles. The number of anilines is 1. The number of nitrogens with zero attached hydrogens (tertiary/aromatic N) is 2. The molecule has 2 rings (SSSR count). The lowest BCUT2D eigenvalue weighted by Crippen LogP contribution is -2.11. The molecule has 0 amide bonds. The van der Waals surface area contributed by atoms with Crippen molar-refractivity contribution in [1.29, 1.82) is 0 Å². The van der Waals surface area contributed by atoms with Crippen LogP contribution in [0.25, 0.3) is 0 Å². The van der Waals surface area contributed by atoms with Crippen molar-refractivity contribution < 1.29 is 13.5 Å². The summed E-state index contributed by atoms with van der Waals surface area (Å²) >= 11 is 0. The highest BCUT2D eigenvalue weighted by Crippen LogP contribution is 2.22. The van der Waals surface area contributed by atoms with Crippen LogP contribution in [-0.2, 0) is 0 Å². The summed E-state index contributed by atoms with van der Waals surface area (Å²) in [6.07, 6.45) is 0. The number of hydrogen-bond donors (Lipinski definition) is 2.